The smallest absolute Gasteiger partial charge is 0.335 e. The zero-order valence-corrected chi connectivity index (χ0v) is 9.89. The second-order valence-corrected chi connectivity index (χ2v) is 4.20. The molecule has 1 aromatic heterocycles. The average Bonchev–Trinajstić information content (AvgIpc) is 2.73. The summed E-state index contributed by atoms with van der Waals surface area (Å²) in [6.07, 6.45) is 5.29. The molecule has 0 radical (unpaired) electrons. The fraction of sp³-hybridized carbons (Fsp3) is 0.0909. The highest BCUT2D eigenvalue weighted by atomic mass is 79.9. The van der Waals surface area contributed by atoms with E-state index in [4.69, 9.17) is 5.11 Å². The topological polar surface area (TPSA) is 55.1 Å². The number of imidazole rings is 1. The normalized spacial score (nSPS) is 10.3. The zero-order valence-electron chi connectivity index (χ0n) is 8.30. The predicted octanol–water partition coefficient (Wildman–Crippen LogP) is 2.39. The summed E-state index contributed by atoms with van der Waals surface area (Å²) in [6.45, 7) is 0.667. The standard InChI is InChI=1S/C11H9BrN2O2/c12-10-5-8(11(15)16)1-2-9(10)6-14-4-3-13-7-14/h1-5,7H,6H2,(H,15,16). The Morgan fingerprint density at radius 3 is 2.88 bits per heavy atom. The molecule has 16 heavy (non-hydrogen) atoms. The Labute approximate surface area is 101 Å². The minimum atomic E-state index is -0.921. The number of halogens is 1. The van der Waals surface area contributed by atoms with Crippen LogP contribution in [-0.2, 0) is 6.54 Å². The maximum atomic E-state index is 10.7. The summed E-state index contributed by atoms with van der Waals surface area (Å²) in [5.74, 6) is -0.921. The largest absolute Gasteiger partial charge is 0.478 e. The molecular formula is C11H9BrN2O2. The molecule has 4 nitrogen and oxygen atoms in total. The summed E-state index contributed by atoms with van der Waals surface area (Å²) in [4.78, 5) is 14.7. The van der Waals surface area contributed by atoms with E-state index in [1.807, 2.05) is 10.8 Å². The molecule has 0 aliphatic carbocycles. The lowest BCUT2D eigenvalue weighted by Crippen LogP contribution is -2.00. The molecule has 2 rings (SSSR count). The van der Waals surface area contributed by atoms with Crippen molar-refractivity contribution in [3.05, 3.63) is 52.5 Å². The molecule has 0 spiro atoms. The van der Waals surface area contributed by atoms with Gasteiger partial charge in [-0.1, -0.05) is 22.0 Å². The highest BCUT2D eigenvalue weighted by molar-refractivity contribution is 9.10. The Balaban J connectivity index is 2.26. The van der Waals surface area contributed by atoms with Crippen molar-refractivity contribution in [2.45, 2.75) is 6.54 Å². The van der Waals surface area contributed by atoms with Crippen LogP contribution in [0.25, 0.3) is 0 Å². The number of hydrogen-bond donors (Lipinski definition) is 1. The van der Waals surface area contributed by atoms with Crippen LogP contribution in [0.15, 0.2) is 41.4 Å². The summed E-state index contributed by atoms with van der Waals surface area (Å²) in [5.41, 5.74) is 1.30. The van der Waals surface area contributed by atoms with E-state index in [2.05, 4.69) is 20.9 Å². The molecule has 1 heterocycles. The number of nitrogens with zero attached hydrogens (tertiary/aromatic N) is 2. The summed E-state index contributed by atoms with van der Waals surface area (Å²) in [6, 6.07) is 5.00. The second-order valence-electron chi connectivity index (χ2n) is 3.35. The molecule has 82 valence electrons. The van der Waals surface area contributed by atoms with Gasteiger partial charge in [0.05, 0.1) is 11.9 Å². The third-order valence-corrected chi connectivity index (χ3v) is 2.95. The monoisotopic (exact) mass is 280 g/mol. The first-order valence-electron chi connectivity index (χ1n) is 4.64. The van der Waals surface area contributed by atoms with Gasteiger partial charge in [0, 0.05) is 23.4 Å². The molecule has 0 bridgehead atoms. The second kappa shape index (κ2) is 4.49. The minimum Gasteiger partial charge on any atom is -0.478 e. The van der Waals surface area contributed by atoms with Gasteiger partial charge in [0.25, 0.3) is 0 Å². The van der Waals surface area contributed by atoms with Gasteiger partial charge < -0.3 is 9.67 Å². The van der Waals surface area contributed by atoms with E-state index in [1.54, 1.807) is 30.7 Å². The fourth-order valence-corrected chi connectivity index (χ4v) is 1.89. The summed E-state index contributed by atoms with van der Waals surface area (Å²) in [5, 5.41) is 8.82. The van der Waals surface area contributed by atoms with Crippen LogP contribution in [0.2, 0.25) is 0 Å². The van der Waals surface area contributed by atoms with Crippen molar-refractivity contribution in [3.63, 3.8) is 0 Å². The molecule has 2 aromatic rings. The Kier molecular flexibility index (Phi) is 3.05. The molecule has 0 amide bonds. The highest BCUT2D eigenvalue weighted by Crippen LogP contribution is 2.19. The number of aromatic nitrogens is 2. The van der Waals surface area contributed by atoms with Gasteiger partial charge in [-0.05, 0) is 17.7 Å². The fourth-order valence-electron chi connectivity index (χ4n) is 1.39. The van der Waals surface area contributed by atoms with Crippen LogP contribution < -0.4 is 0 Å². The van der Waals surface area contributed by atoms with Gasteiger partial charge in [-0.3, -0.25) is 0 Å². The van der Waals surface area contributed by atoms with E-state index < -0.39 is 5.97 Å². The highest BCUT2D eigenvalue weighted by Gasteiger charge is 2.06. The molecule has 1 aromatic carbocycles. The van der Waals surface area contributed by atoms with Crippen molar-refractivity contribution in [1.82, 2.24) is 9.55 Å². The lowest BCUT2D eigenvalue weighted by atomic mass is 10.1. The maximum absolute atomic E-state index is 10.7. The Morgan fingerprint density at radius 2 is 2.31 bits per heavy atom. The molecule has 0 aliphatic heterocycles. The first-order chi connectivity index (χ1) is 7.66. The van der Waals surface area contributed by atoms with Crippen molar-refractivity contribution in [2.24, 2.45) is 0 Å². The van der Waals surface area contributed by atoms with Crippen molar-refractivity contribution >= 4 is 21.9 Å². The third-order valence-electron chi connectivity index (χ3n) is 2.21. The molecule has 0 saturated heterocycles. The van der Waals surface area contributed by atoms with E-state index in [-0.39, 0.29) is 5.56 Å². The lowest BCUT2D eigenvalue weighted by molar-refractivity contribution is 0.0697. The number of rotatable bonds is 3. The average molecular weight is 281 g/mol. The van der Waals surface area contributed by atoms with Crippen LogP contribution in [0.3, 0.4) is 0 Å². The van der Waals surface area contributed by atoms with E-state index >= 15 is 0 Å². The van der Waals surface area contributed by atoms with E-state index in [9.17, 15) is 4.79 Å². The first-order valence-corrected chi connectivity index (χ1v) is 5.43. The van der Waals surface area contributed by atoms with Crippen molar-refractivity contribution in [1.29, 1.82) is 0 Å². The van der Waals surface area contributed by atoms with Crippen LogP contribution in [0.4, 0.5) is 0 Å². The number of carboxylic acid groups (broad SMARTS) is 1. The number of benzene rings is 1. The van der Waals surface area contributed by atoms with E-state index in [0.717, 1.165) is 10.0 Å². The molecule has 0 aliphatic rings. The predicted molar refractivity (Wildman–Crippen MR) is 62.4 cm³/mol. The van der Waals surface area contributed by atoms with Crippen molar-refractivity contribution in [3.8, 4) is 0 Å². The summed E-state index contributed by atoms with van der Waals surface area (Å²) < 4.78 is 2.71. The molecule has 0 fully saturated rings. The molecule has 5 heteroatoms. The van der Waals surface area contributed by atoms with Gasteiger partial charge in [-0.25, -0.2) is 9.78 Å². The Hall–Kier alpha value is -1.62. The summed E-state index contributed by atoms with van der Waals surface area (Å²) >= 11 is 3.36. The van der Waals surface area contributed by atoms with Gasteiger partial charge >= 0.3 is 5.97 Å². The molecule has 1 N–H and O–H groups in total. The zero-order chi connectivity index (χ0) is 11.5. The number of carboxylic acids is 1. The molecule has 0 saturated carbocycles. The van der Waals surface area contributed by atoms with Gasteiger partial charge in [0.15, 0.2) is 0 Å². The minimum absolute atomic E-state index is 0.279. The van der Waals surface area contributed by atoms with E-state index in [0.29, 0.717) is 6.54 Å². The quantitative estimate of drug-likeness (QED) is 0.939. The number of hydrogen-bond acceptors (Lipinski definition) is 2. The Bertz CT molecular complexity index is 509. The van der Waals surface area contributed by atoms with Crippen LogP contribution in [0.1, 0.15) is 15.9 Å². The van der Waals surface area contributed by atoms with Crippen LogP contribution in [-0.4, -0.2) is 20.6 Å². The van der Waals surface area contributed by atoms with Gasteiger partial charge in [-0.15, -0.1) is 0 Å². The molecule has 0 unspecified atom stereocenters. The van der Waals surface area contributed by atoms with E-state index in [1.165, 1.54) is 0 Å². The van der Waals surface area contributed by atoms with Crippen LogP contribution in [0, 0.1) is 0 Å². The number of carbonyl (C=O) groups is 1. The summed E-state index contributed by atoms with van der Waals surface area (Å²) in [7, 11) is 0. The third kappa shape index (κ3) is 2.30. The SMILES string of the molecule is O=C(O)c1ccc(Cn2ccnc2)c(Br)c1. The first kappa shape index (κ1) is 10.9. The van der Waals surface area contributed by atoms with Gasteiger partial charge in [0.2, 0.25) is 0 Å². The van der Waals surface area contributed by atoms with Crippen molar-refractivity contribution < 1.29 is 9.90 Å². The van der Waals surface area contributed by atoms with Crippen LogP contribution >= 0.6 is 15.9 Å². The Morgan fingerprint density at radius 1 is 1.50 bits per heavy atom. The number of aromatic carboxylic acids is 1. The van der Waals surface area contributed by atoms with Crippen LogP contribution in [0.5, 0.6) is 0 Å². The van der Waals surface area contributed by atoms with Gasteiger partial charge in [0.1, 0.15) is 0 Å². The maximum Gasteiger partial charge on any atom is 0.335 e. The molecular weight excluding hydrogens is 272 g/mol. The van der Waals surface area contributed by atoms with Gasteiger partial charge in [-0.2, -0.15) is 0 Å². The van der Waals surface area contributed by atoms with Crippen molar-refractivity contribution in [2.75, 3.05) is 0 Å². The molecule has 0 atom stereocenters. The lowest BCUT2D eigenvalue weighted by Gasteiger charge is -2.06.